The van der Waals surface area contributed by atoms with Gasteiger partial charge in [-0.3, -0.25) is 29.3 Å². The van der Waals surface area contributed by atoms with E-state index in [1.807, 2.05) is 0 Å². The Balaban J connectivity index is 1.83. The van der Waals surface area contributed by atoms with Gasteiger partial charge in [0.15, 0.2) is 0 Å². The molecule has 1 fully saturated rings. The van der Waals surface area contributed by atoms with Gasteiger partial charge in [-0.15, -0.1) is 11.8 Å². The minimum absolute atomic E-state index is 0.0752. The molecule has 12 heteroatoms. The number of amides is 2. The van der Waals surface area contributed by atoms with Gasteiger partial charge in [-0.05, 0) is 19.4 Å². The van der Waals surface area contributed by atoms with E-state index in [0.717, 1.165) is 11.1 Å². The zero-order valence-electron chi connectivity index (χ0n) is 13.8. The van der Waals surface area contributed by atoms with Crippen LogP contribution in [-0.4, -0.2) is 59.7 Å². The highest BCUT2D eigenvalue weighted by molar-refractivity contribution is 8.00. The molecule has 2 aliphatic heterocycles. The van der Waals surface area contributed by atoms with Crippen molar-refractivity contribution in [2.75, 3.05) is 5.75 Å². The maximum absolute atomic E-state index is 12.5. The van der Waals surface area contributed by atoms with E-state index in [4.69, 9.17) is 0 Å². The Hall–Kier alpha value is -2.89. The summed E-state index contributed by atoms with van der Waals surface area (Å²) < 4.78 is 1.18. The molecule has 2 atom stereocenters. The normalized spacial score (nSPS) is 21.9. The average molecular weight is 381 g/mol. The SMILES string of the molecule is CCn1ncc([N+](=O)[O-])c1C(=O)NC1C(=O)N2C(C(=O)O)=C(C)CSC12. The Morgan fingerprint density at radius 3 is 2.81 bits per heavy atom. The number of nitro groups is 1. The Bertz CT molecular complexity index is 862. The van der Waals surface area contributed by atoms with E-state index in [0.29, 0.717) is 11.3 Å². The van der Waals surface area contributed by atoms with E-state index in [9.17, 15) is 29.6 Å². The third-order valence-corrected chi connectivity index (χ3v) is 5.60. The van der Waals surface area contributed by atoms with Crippen LogP contribution in [0.2, 0.25) is 0 Å². The van der Waals surface area contributed by atoms with Gasteiger partial charge in [0.25, 0.3) is 11.8 Å². The summed E-state index contributed by atoms with van der Waals surface area (Å²) in [6, 6.07) is -0.949. The molecule has 1 aromatic rings. The molecule has 1 saturated heterocycles. The second kappa shape index (κ2) is 6.44. The highest BCUT2D eigenvalue weighted by Crippen LogP contribution is 2.40. The number of hydrogen-bond donors (Lipinski definition) is 2. The van der Waals surface area contributed by atoms with Gasteiger partial charge in [-0.2, -0.15) is 5.10 Å². The summed E-state index contributed by atoms with van der Waals surface area (Å²) in [6.45, 7) is 3.55. The van der Waals surface area contributed by atoms with Crippen molar-refractivity contribution in [1.82, 2.24) is 20.0 Å². The molecule has 26 heavy (non-hydrogen) atoms. The molecule has 138 valence electrons. The van der Waals surface area contributed by atoms with E-state index in [2.05, 4.69) is 10.4 Å². The minimum Gasteiger partial charge on any atom is -0.477 e. The highest BCUT2D eigenvalue weighted by Gasteiger charge is 2.54. The van der Waals surface area contributed by atoms with Crippen molar-refractivity contribution < 1.29 is 24.4 Å². The molecule has 2 aliphatic rings. The number of aryl methyl sites for hydroxylation is 1. The van der Waals surface area contributed by atoms with Crippen molar-refractivity contribution >= 4 is 35.2 Å². The van der Waals surface area contributed by atoms with E-state index in [-0.39, 0.29) is 17.9 Å². The van der Waals surface area contributed by atoms with Gasteiger partial charge in [0, 0.05) is 12.3 Å². The Kier molecular flexibility index (Phi) is 4.44. The van der Waals surface area contributed by atoms with E-state index < -0.39 is 39.8 Å². The zero-order valence-corrected chi connectivity index (χ0v) is 14.6. The number of β-lactam (4-membered cyclic amide) rings is 1. The van der Waals surface area contributed by atoms with Gasteiger partial charge in [-0.1, -0.05) is 0 Å². The van der Waals surface area contributed by atoms with Crippen LogP contribution in [0.5, 0.6) is 0 Å². The number of carbonyl (C=O) groups excluding carboxylic acids is 2. The summed E-state index contributed by atoms with van der Waals surface area (Å²) in [7, 11) is 0. The smallest absolute Gasteiger partial charge is 0.352 e. The van der Waals surface area contributed by atoms with Gasteiger partial charge < -0.3 is 10.4 Å². The molecular formula is C14H15N5O6S. The van der Waals surface area contributed by atoms with Crippen molar-refractivity contribution in [2.45, 2.75) is 31.8 Å². The first kappa shape index (κ1) is 17.9. The first-order valence-electron chi connectivity index (χ1n) is 7.66. The summed E-state index contributed by atoms with van der Waals surface area (Å²) in [4.78, 5) is 47.8. The lowest BCUT2D eigenvalue weighted by molar-refractivity contribution is -0.385. The average Bonchev–Trinajstić information content (AvgIpc) is 3.03. The number of carboxylic acids is 1. The quantitative estimate of drug-likeness (QED) is 0.417. The van der Waals surface area contributed by atoms with Gasteiger partial charge in [0.1, 0.15) is 23.3 Å². The Morgan fingerprint density at radius 1 is 1.54 bits per heavy atom. The van der Waals surface area contributed by atoms with Gasteiger partial charge >= 0.3 is 11.7 Å². The lowest BCUT2D eigenvalue weighted by atomic mass is 10.0. The molecule has 2 amide bonds. The van der Waals surface area contributed by atoms with Crippen molar-refractivity contribution in [2.24, 2.45) is 0 Å². The molecule has 3 rings (SSSR count). The number of rotatable bonds is 5. The fraction of sp³-hybridized carbons (Fsp3) is 0.429. The summed E-state index contributed by atoms with van der Waals surface area (Å²) in [5.41, 5.74) is -0.202. The first-order chi connectivity index (χ1) is 12.3. The molecule has 1 aromatic heterocycles. The number of carbonyl (C=O) groups is 3. The van der Waals surface area contributed by atoms with Crippen LogP contribution in [0.3, 0.4) is 0 Å². The number of aromatic nitrogens is 2. The number of nitrogens with zero attached hydrogens (tertiary/aromatic N) is 4. The lowest BCUT2D eigenvalue weighted by Crippen LogP contribution is -2.70. The number of fused-ring (bicyclic) bond motifs is 1. The monoisotopic (exact) mass is 381 g/mol. The number of aliphatic carboxylic acids is 1. The van der Waals surface area contributed by atoms with Crippen molar-refractivity contribution in [1.29, 1.82) is 0 Å². The predicted molar refractivity (Wildman–Crippen MR) is 89.2 cm³/mol. The second-order valence-corrected chi connectivity index (χ2v) is 6.85. The summed E-state index contributed by atoms with van der Waals surface area (Å²) in [5, 5.41) is 26.1. The second-order valence-electron chi connectivity index (χ2n) is 5.75. The third-order valence-electron chi connectivity index (χ3n) is 4.18. The number of carboxylic acid groups (broad SMARTS) is 1. The van der Waals surface area contributed by atoms with Crippen molar-refractivity contribution in [3.8, 4) is 0 Å². The fourth-order valence-corrected chi connectivity index (χ4v) is 4.26. The number of nitrogens with one attached hydrogen (secondary N) is 1. The van der Waals surface area contributed by atoms with Crippen LogP contribution in [0.4, 0.5) is 5.69 Å². The molecule has 2 N–H and O–H groups in total. The van der Waals surface area contributed by atoms with Crippen LogP contribution in [0.15, 0.2) is 17.5 Å². The van der Waals surface area contributed by atoms with Crippen molar-refractivity contribution in [3.05, 3.63) is 33.3 Å². The van der Waals surface area contributed by atoms with Crippen LogP contribution < -0.4 is 5.32 Å². The standard InChI is InChI=1S/C14H15N5O6S/c1-3-17-10(7(4-15-17)19(24)25)11(20)16-8-12(21)18-9(14(22)23)6(2)5-26-13(8)18/h4,8,13H,3,5H2,1-2H3,(H,16,20)(H,22,23). The first-order valence-corrected chi connectivity index (χ1v) is 8.71. The van der Waals surface area contributed by atoms with Crippen molar-refractivity contribution in [3.63, 3.8) is 0 Å². The molecule has 0 aromatic carbocycles. The maximum atomic E-state index is 12.5. The van der Waals surface area contributed by atoms with Gasteiger partial charge in [0.05, 0.1) is 4.92 Å². The topological polar surface area (TPSA) is 148 Å². The molecule has 2 unspecified atom stereocenters. The largest absolute Gasteiger partial charge is 0.477 e. The summed E-state index contributed by atoms with van der Waals surface area (Å²) in [6.07, 6.45) is 0.983. The summed E-state index contributed by atoms with van der Waals surface area (Å²) in [5.74, 6) is -2.14. The predicted octanol–water partition coefficient (Wildman–Crippen LogP) is 0.183. The van der Waals surface area contributed by atoms with Gasteiger partial charge in [-0.25, -0.2) is 4.79 Å². The van der Waals surface area contributed by atoms with Gasteiger partial charge in [0.2, 0.25) is 5.69 Å². The molecule has 0 saturated carbocycles. The molecule has 0 spiro atoms. The fourth-order valence-electron chi connectivity index (χ4n) is 2.97. The third kappa shape index (κ3) is 2.62. The summed E-state index contributed by atoms with van der Waals surface area (Å²) >= 11 is 1.33. The molecule has 0 radical (unpaired) electrons. The molecule has 0 aliphatic carbocycles. The lowest BCUT2D eigenvalue weighted by Gasteiger charge is -2.49. The molecule has 3 heterocycles. The Morgan fingerprint density at radius 2 is 2.23 bits per heavy atom. The van der Waals surface area contributed by atoms with Crippen LogP contribution in [0, 0.1) is 10.1 Å². The molecule has 0 bridgehead atoms. The minimum atomic E-state index is -1.20. The molecule has 11 nitrogen and oxygen atoms in total. The highest BCUT2D eigenvalue weighted by atomic mass is 32.2. The van der Waals surface area contributed by atoms with E-state index in [1.54, 1.807) is 13.8 Å². The Labute approximate surface area is 151 Å². The van der Waals surface area contributed by atoms with Crippen LogP contribution in [0.25, 0.3) is 0 Å². The van der Waals surface area contributed by atoms with Crippen LogP contribution >= 0.6 is 11.8 Å². The zero-order chi connectivity index (χ0) is 19.2. The van der Waals surface area contributed by atoms with E-state index >= 15 is 0 Å². The molecular weight excluding hydrogens is 366 g/mol. The van der Waals surface area contributed by atoms with Crippen LogP contribution in [0.1, 0.15) is 24.3 Å². The van der Waals surface area contributed by atoms with Crippen LogP contribution in [-0.2, 0) is 16.1 Å². The van der Waals surface area contributed by atoms with E-state index in [1.165, 1.54) is 16.4 Å². The number of thioether (sulfide) groups is 1. The maximum Gasteiger partial charge on any atom is 0.352 e. The number of hydrogen-bond acceptors (Lipinski definition) is 7.